The van der Waals surface area contributed by atoms with Gasteiger partial charge < -0.3 is 10.2 Å². The number of rotatable bonds is 3. The van der Waals surface area contributed by atoms with Crippen molar-refractivity contribution in [1.29, 1.82) is 0 Å². The number of hydrogen-bond donors (Lipinski definition) is 1. The Kier molecular flexibility index (Phi) is 6.24. The third-order valence-corrected chi connectivity index (χ3v) is 5.73. The molecule has 1 heterocycles. The van der Waals surface area contributed by atoms with Crippen LogP contribution in [0.4, 0.5) is 15.3 Å². The lowest BCUT2D eigenvalue weighted by Gasteiger charge is -2.32. The van der Waals surface area contributed by atoms with Gasteiger partial charge in [-0.25, -0.2) is 14.5 Å². The van der Waals surface area contributed by atoms with Crippen LogP contribution in [0.1, 0.15) is 36.0 Å². The first kappa shape index (κ1) is 21.3. The summed E-state index contributed by atoms with van der Waals surface area (Å²) in [6, 6.07) is 1.46. The smallest absolute Gasteiger partial charge is 0.327 e. The number of halogens is 2. The second kappa shape index (κ2) is 8.51. The first-order chi connectivity index (χ1) is 13.7. The number of benzene rings is 1. The normalized spacial score (nSPS) is 18.2. The molecule has 154 valence electrons. The average molecular weight is 440 g/mol. The van der Waals surface area contributed by atoms with Crippen LogP contribution < -0.4 is 5.32 Å². The summed E-state index contributed by atoms with van der Waals surface area (Å²) < 4.78 is 0. The number of hydrogen-bond acceptors (Lipinski definition) is 5. The summed E-state index contributed by atoms with van der Waals surface area (Å²) in [4.78, 5) is 64.2. The van der Waals surface area contributed by atoms with Crippen molar-refractivity contribution in [2.45, 2.75) is 25.7 Å². The Balaban J connectivity index is 1.88. The molecule has 0 aromatic heterocycles. The number of amides is 4. The zero-order chi connectivity index (χ0) is 21.3. The van der Waals surface area contributed by atoms with E-state index in [1.807, 2.05) is 0 Å². The molecule has 8 nitrogen and oxygen atoms in total. The molecule has 10 heteroatoms. The van der Waals surface area contributed by atoms with Crippen molar-refractivity contribution in [3.05, 3.63) is 27.7 Å². The predicted molar refractivity (Wildman–Crippen MR) is 107 cm³/mol. The molecular formula is C19H19Cl2N3O5. The molecule has 1 aromatic carbocycles. The fraction of sp³-hybridized carbons (Fsp3) is 0.421. The molecule has 1 aliphatic carbocycles. The predicted octanol–water partition coefficient (Wildman–Crippen LogP) is 3.40. The lowest BCUT2D eigenvalue weighted by atomic mass is 9.81. The molecule has 1 aromatic rings. The molecule has 4 amide bonds. The van der Waals surface area contributed by atoms with E-state index >= 15 is 0 Å². The standard InChI is InChI=1S/C19H19Cl2N3O5/c1-23-8-3-9-24(19(23)29)18(28)22-16-11(20)7-6-10(15(16)21)17(27)14-12(25)4-2-5-13(14)26/h6-7,14H,2-5,8-9H2,1H3,(H,22,28). The largest absolute Gasteiger partial charge is 0.330 e. The maximum Gasteiger partial charge on any atom is 0.330 e. The van der Waals surface area contributed by atoms with E-state index in [9.17, 15) is 24.0 Å². The Morgan fingerprint density at radius 3 is 2.34 bits per heavy atom. The minimum absolute atomic E-state index is 0.0546. The van der Waals surface area contributed by atoms with Gasteiger partial charge in [0.15, 0.2) is 17.3 Å². The minimum Gasteiger partial charge on any atom is -0.327 e. The second-order valence-electron chi connectivity index (χ2n) is 7.01. The Hall–Kier alpha value is -2.45. The summed E-state index contributed by atoms with van der Waals surface area (Å²) in [5.41, 5.74) is -0.136. The van der Waals surface area contributed by atoms with Gasteiger partial charge in [-0.05, 0) is 25.0 Å². The maximum atomic E-state index is 12.8. The molecule has 1 saturated carbocycles. The van der Waals surface area contributed by atoms with Crippen LogP contribution in [0, 0.1) is 5.92 Å². The lowest BCUT2D eigenvalue weighted by Crippen LogP contribution is -2.51. The van der Waals surface area contributed by atoms with Crippen molar-refractivity contribution >= 4 is 58.3 Å². The summed E-state index contributed by atoms with van der Waals surface area (Å²) in [7, 11) is 1.58. The zero-order valence-corrected chi connectivity index (χ0v) is 17.2. The van der Waals surface area contributed by atoms with Crippen LogP contribution in [0.2, 0.25) is 10.0 Å². The van der Waals surface area contributed by atoms with Gasteiger partial charge in [-0.15, -0.1) is 0 Å². The Morgan fingerprint density at radius 2 is 1.69 bits per heavy atom. The van der Waals surface area contributed by atoms with Gasteiger partial charge in [0.05, 0.1) is 15.7 Å². The molecular weight excluding hydrogens is 421 g/mol. The molecule has 0 radical (unpaired) electrons. The van der Waals surface area contributed by atoms with Crippen molar-refractivity contribution in [3.63, 3.8) is 0 Å². The molecule has 2 aliphatic rings. The minimum atomic E-state index is -1.39. The number of anilines is 1. The summed E-state index contributed by atoms with van der Waals surface area (Å²) in [5.74, 6) is -2.98. The van der Waals surface area contributed by atoms with Crippen molar-refractivity contribution < 1.29 is 24.0 Å². The van der Waals surface area contributed by atoms with Crippen LogP contribution in [0.3, 0.4) is 0 Å². The SMILES string of the molecule is CN1CCCN(C(=O)Nc2c(Cl)ccc(C(=O)C3C(=O)CCCC3=O)c2Cl)C1=O. The van der Waals surface area contributed by atoms with Crippen LogP contribution in [0.25, 0.3) is 0 Å². The number of ketones is 3. The van der Waals surface area contributed by atoms with E-state index in [1.165, 1.54) is 17.0 Å². The number of nitrogens with one attached hydrogen (secondary N) is 1. The van der Waals surface area contributed by atoms with Crippen LogP contribution in [0.5, 0.6) is 0 Å². The van der Waals surface area contributed by atoms with Crippen LogP contribution >= 0.6 is 23.2 Å². The summed E-state index contributed by atoms with van der Waals surface area (Å²) in [5, 5.41) is 2.35. The molecule has 1 saturated heterocycles. The van der Waals surface area contributed by atoms with E-state index in [1.54, 1.807) is 7.05 Å². The van der Waals surface area contributed by atoms with Gasteiger partial charge in [-0.1, -0.05) is 23.2 Å². The number of urea groups is 2. The second-order valence-corrected chi connectivity index (χ2v) is 7.79. The van der Waals surface area contributed by atoms with E-state index in [4.69, 9.17) is 23.2 Å². The number of Topliss-reactive ketones (excluding diaryl/α,β-unsaturated/α-hetero) is 3. The molecule has 3 rings (SSSR count). The molecule has 0 bridgehead atoms. The molecule has 0 spiro atoms. The first-order valence-electron chi connectivity index (χ1n) is 9.13. The zero-order valence-electron chi connectivity index (χ0n) is 15.7. The Labute approximate surface area is 177 Å². The van der Waals surface area contributed by atoms with Crippen molar-refractivity contribution in [2.75, 3.05) is 25.5 Å². The van der Waals surface area contributed by atoms with Gasteiger partial charge in [-0.2, -0.15) is 0 Å². The maximum absolute atomic E-state index is 12.8. The number of carbonyl (C=O) groups excluding carboxylic acids is 5. The third-order valence-electron chi connectivity index (χ3n) is 5.02. The molecule has 1 aliphatic heterocycles. The highest BCUT2D eigenvalue weighted by Crippen LogP contribution is 2.36. The molecule has 1 N–H and O–H groups in total. The van der Waals surface area contributed by atoms with Gasteiger partial charge in [0, 0.05) is 38.5 Å². The fourth-order valence-corrected chi connectivity index (χ4v) is 3.99. The van der Waals surface area contributed by atoms with Gasteiger partial charge in [-0.3, -0.25) is 14.4 Å². The summed E-state index contributed by atoms with van der Waals surface area (Å²) in [6.07, 6.45) is 1.35. The summed E-state index contributed by atoms with van der Waals surface area (Å²) in [6.45, 7) is 0.769. The van der Waals surface area contributed by atoms with Crippen LogP contribution in [-0.2, 0) is 9.59 Å². The molecule has 0 unspecified atom stereocenters. The third kappa shape index (κ3) is 4.13. The van der Waals surface area contributed by atoms with E-state index in [0.29, 0.717) is 19.4 Å². The Morgan fingerprint density at radius 1 is 1.03 bits per heavy atom. The van der Waals surface area contributed by atoms with Crippen molar-refractivity contribution in [3.8, 4) is 0 Å². The van der Waals surface area contributed by atoms with E-state index in [0.717, 1.165) is 4.90 Å². The highest BCUT2D eigenvalue weighted by atomic mass is 35.5. The first-order valence-corrected chi connectivity index (χ1v) is 9.89. The Bertz CT molecular complexity index is 901. The number of carbonyl (C=O) groups is 5. The van der Waals surface area contributed by atoms with Gasteiger partial charge in [0.1, 0.15) is 5.92 Å². The van der Waals surface area contributed by atoms with E-state index < -0.39 is 35.3 Å². The average Bonchev–Trinajstić information content (AvgIpc) is 2.67. The van der Waals surface area contributed by atoms with E-state index in [-0.39, 0.29) is 40.7 Å². The molecule has 0 atom stereocenters. The summed E-state index contributed by atoms with van der Waals surface area (Å²) >= 11 is 12.5. The number of imide groups is 1. The van der Waals surface area contributed by atoms with Crippen LogP contribution in [-0.4, -0.2) is 59.3 Å². The van der Waals surface area contributed by atoms with Gasteiger partial charge in [0.2, 0.25) is 0 Å². The van der Waals surface area contributed by atoms with Crippen molar-refractivity contribution in [2.24, 2.45) is 5.92 Å². The van der Waals surface area contributed by atoms with Gasteiger partial charge >= 0.3 is 12.1 Å². The monoisotopic (exact) mass is 439 g/mol. The van der Waals surface area contributed by atoms with E-state index in [2.05, 4.69) is 5.32 Å². The topological polar surface area (TPSA) is 104 Å². The number of nitrogens with zero attached hydrogens (tertiary/aromatic N) is 2. The van der Waals surface area contributed by atoms with Crippen LogP contribution in [0.15, 0.2) is 12.1 Å². The molecule has 29 heavy (non-hydrogen) atoms. The highest BCUT2D eigenvalue weighted by molar-refractivity contribution is 6.43. The lowest BCUT2D eigenvalue weighted by molar-refractivity contribution is -0.133. The molecule has 2 fully saturated rings. The van der Waals surface area contributed by atoms with Gasteiger partial charge in [0.25, 0.3) is 0 Å². The quantitative estimate of drug-likeness (QED) is 0.573. The van der Waals surface area contributed by atoms with Crippen molar-refractivity contribution in [1.82, 2.24) is 9.80 Å². The highest BCUT2D eigenvalue weighted by Gasteiger charge is 2.38. The fourth-order valence-electron chi connectivity index (χ4n) is 3.44.